The van der Waals surface area contributed by atoms with Gasteiger partial charge in [-0.3, -0.25) is 4.79 Å². The molecule has 4 aromatic carbocycles. The third-order valence-corrected chi connectivity index (χ3v) is 5.75. The maximum Gasteiger partial charge on any atom is 0.228 e. The highest BCUT2D eigenvalue weighted by Crippen LogP contribution is 2.44. The van der Waals surface area contributed by atoms with Gasteiger partial charge in [0.15, 0.2) is 0 Å². The molecule has 142 valence electrons. The van der Waals surface area contributed by atoms with E-state index in [-0.39, 0.29) is 24.2 Å². The predicted octanol–water partition coefficient (Wildman–Crippen LogP) is 6.05. The first-order valence-electron chi connectivity index (χ1n) is 9.83. The number of rotatable bonds is 3. The summed E-state index contributed by atoms with van der Waals surface area (Å²) in [6.45, 7) is 0.234. The highest BCUT2D eigenvalue weighted by atomic mass is 19.1. The van der Waals surface area contributed by atoms with E-state index in [2.05, 4.69) is 24.3 Å². The average molecular weight is 381 g/mol. The molecule has 0 fully saturated rings. The maximum atomic E-state index is 14.3. The van der Waals surface area contributed by atoms with Crippen molar-refractivity contribution in [3.05, 3.63) is 114 Å². The average Bonchev–Trinajstić information content (AvgIpc) is 2.77. The second kappa shape index (κ2) is 7.17. The molecule has 0 aromatic heterocycles. The molecule has 0 spiro atoms. The number of hydrogen-bond donors (Lipinski definition) is 0. The molecular formula is C26H20FNO. The molecule has 29 heavy (non-hydrogen) atoms. The lowest BCUT2D eigenvalue weighted by molar-refractivity contribution is -0.119. The molecule has 0 saturated heterocycles. The van der Waals surface area contributed by atoms with Crippen LogP contribution in [0.15, 0.2) is 91.0 Å². The van der Waals surface area contributed by atoms with E-state index in [1.54, 1.807) is 23.1 Å². The monoisotopic (exact) mass is 381 g/mol. The largest absolute Gasteiger partial charge is 0.308 e. The van der Waals surface area contributed by atoms with Crippen molar-refractivity contribution in [1.29, 1.82) is 0 Å². The SMILES string of the molecule is O=C1CC(c2ccccc2)c2c(ccc3ccccc23)N1Cc1ccccc1F. The highest BCUT2D eigenvalue weighted by Gasteiger charge is 2.33. The van der Waals surface area contributed by atoms with Crippen molar-refractivity contribution < 1.29 is 9.18 Å². The van der Waals surface area contributed by atoms with Gasteiger partial charge in [0.1, 0.15) is 5.82 Å². The van der Waals surface area contributed by atoms with Gasteiger partial charge in [-0.15, -0.1) is 0 Å². The fraction of sp³-hybridized carbons (Fsp3) is 0.115. The molecular weight excluding hydrogens is 361 g/mol. The number of halogens is 1. The Labute approximate surface area is 169 Å². The lowest BCUT2D eigenvalue weighted by Gasteiger charge is -2.35. The van der Waals surface area contributed by atoms with Crippen LogP contribution in [0.5, 0.6) is 0 Å². The second-order valence-electron chi connectivity index (χ2n) is 7.46. The molecule has 1 aliphatic heterocycles. The Morgan fingerprint density at radius 3 is 2.38 bits per heavy atom. The summed E-state index contributed by atoms with van der Waals surface area (Å²) in [5.41, 5.74) is 3.67. The molecule has 0 N–H and O–H groups in total. The van der Waals surface area contributed by atoms with Gasteiger partial charge in [0.2, 0.25) is 5.91 Å². The Morgan fingerprint density at radius 2 is 1.55 bits per heavy atom. The van der Waals surface area contributed by atoms with Crippen molar-refractivity contribution in [2.75, 3.05) is 4.90 Å². The first-order valence-corrected chi connectivity index (χ1v) is 9.83. The van der Waals surface area contributed by atoms with Gasteiger partial charge < -0.3 is 4.90 Å². The molecule has 0 saturated carbocycles. The first-order chi connectivity index (χ1) is 14.2. The van der Waals surface area contributed by atoms with Gasteiger partial charge in [0, 0.05) is 23.6 Å². The lowest BCUT2D eigenvalue weighted by atomic mass is 9.81. The quantitative estimate of drug-likeness (QED) is 0.423. The molecule has 1 unspecified atom stereocenters. The maximum absolute atomic E-state index is 14.3. The fourth-order valence-electron chi connectivity index (χ4n) is 4.35. The van der Waals surface area contributed by atoms with Crippen LogP contribution in [0.4, 0.5) is 10.1 Å². The molecule has 3 heteroatoms. The van der Waals surface area contributed by atoms with E-state index in [1.165, 1.54) is 6.07 Å². The van der Waals surface area contributed by atoms with Crippen LogP contribution in [0, 0.1) is 5.82 Å². The van der Waals surface area contributed by atoms with Gasteiger partial charge in [0.05, 0.1) is 6.54 Å². The normalized spacial score (nSPS) is 16.1. The molecule has 0 bridgehead atoms. The van der Waals surface area contributed by atoms with Gasteiger partial charge in [-0.05, 0) is 34.0 Å². The number of carbonyl (C=O) groups is 1. The van der Waals surface area contributed by atoms with E-state index >= 15 is 0 Å². The molecule has 5 rings (SSSR count). The van der Waals surface area contributed by atoms with Gasteiger partial charge in [-0.1, -0.05) is 78.9 Å². The number of benzene rings is 4. The van der Waals surface area contributed by atoms with Gasteiger partial charge >= 0.3 is 0 Å². The number of hydrogen-bond acceptors (Lipinski definition) is 1. The van der Waals surface area contributed by atoms with Crippen molar-refractivity contribution in [1.82, 2.24) is 0 Å². The van der Waals surface area contributed by atoms with Crippen molar-refractivity contribution in [3.8, 4) is 0 Å². The molecule has 1 aliphatic rings. The third kappa shape index (κ3) is 3.09. The number of amides is 1. The molecule has 0 radical (unpaired) electrons. The molecule has 1 atom stereocenters. The summed E-state index contributed by atoms with van der Waals surface area (Å²) < 4.78 is 14.3. The van der Waals surface area contributed by atoms with E-state index in [9.17, 15) is 9.18 Å². The minimum absolute atomic E-state index is 0.0123. The fourth-order valence-corrected chi connectivity index (χ4v) is 4.35. The van der Waals surface area contributed by atoms with E-state index < -0.39 is 0 Å². The van der Waals surface area contributed by atoms with Crippen LogP contribution in [-0.4, -0.2) is 5.91 Å². The molecule has 4 aromatic rings. The Hall–Kier alpha value is -3.46. The first kappa shape index (κ1) is 17.6. The van der Waals surface area contributed by atoms with Crippen molar-refractivity contribution in [2.45, 2.75) is 18.9 Å². The van der Waals surface area contributed by atoms with Crippen LogP contribution in [0.3, 0.4) is 0 Å². The van der Waals surface area contributed by atoms with E-state index in [0.717, 1.165) is 27.6 Å². The molecule has 1 heterocycles. The predicted molar refractivity (Wildman–Crippen MR) is 114 cm³/mol. The third-order valence-electron chi connectivity index (χ3n) is 5.75. The second-order valence-corrected chi connectivity index (χ2v) is 7.46. The Morgan fingerprint density at radius 1 is 0.828 bits per heavy atom. The van der Waals surface area contributed by atoms with Crippen LogP contribution in [0.2, 0.25) is 0 Å². The summed E-state index contributed by atoms with van der Waals surface area (Å²) in [5.74, 6) is -0.278. The van der Waals surface area contributed by atoms with Crippen LogP contribution < -0.4 is 4.90 Å². The molecule has 1 amide bonds. The summed E-state index contributed by atoms with van der Waals surface area (Å²) in [6, 6.07) is 29.1. The minimum atomic E-state index is -0.284. The number of nitrogens with zero attached hydrogens (tertiary/aromatic N) is 1. The highest BCUT2D eigenvalue weighted by molar-refractivity contribution is 6.03. The summed E-state index contributed by atoms with van der Waals surface area (Å²) in [7, 11) is 0. The molecule has 2 nitrogen and oxygen atoms in total. The number of anilines is 1. The standard InChI is InChI=1S/C26H20FNO/c27-23-13-7-5-11-20(23)17-28-24-15-14-19-10-4-6-12-21(19)26(24)22(16-25(28)29)18-8-2-1-3-9-18/h1-15,22H,16-17H2. The summed E-state index contributed by atoms with van der Waals surface area (Å²) in [6.07, 6.45) is 0.374. The Kier molecular flexibility index (Phi) is 4.36. The van der Waals surface area contributed by atoms with Crippen molar-refractivity contribution in [2.24, 2.45) is 0 Å². The van der Waals surface area contributed by atoms with E-state index in [4.69, 9.17) is 0 Å². The van der Waals surface area contributed by atoms with Crippen LogP contribution >= 0.6 is 0 Å². The molecule has 0 aliphatic carbocycles. The van der Waals surface area contributed by atoms with Crippen LogP contribution in [-0.2, 0) is 11.3 Å². The van der Waals surface area contributed by atoms with Crippen molar-refractivity contribution >= 4 is 22.4 Å². The number of fused-ring (bicyclic) bond motifs is 3. The summed E-state index contributed by atoms with van der Waals surface area (Å²) in [5, 5.41) is 2.29. The van der Waals surface area contributed by atoms with Gasteiger partial charge in [0.25, 0.3) is 0 Å². The zero-order valence-corrected chi connectivity index (χ0v) is 15.9. The topological polar surface area (TPSA) is 20.3 Å². The smallest absolute Gasteiger partial charge is 0.228 e. The van der Waals surface area contributed by atoms with Gasteiger partial charge in [-0.25, -0.2) is 4.39 Å². The van der Waals surface area contributed by atoms with Crippen molar-refractivity contribution in [3.63, 3.8) is 0 Å². The zero-order chi connectivity index (χ0) is 19.8. The van der Waals surface area contributed by atoms with E-state index in [1.807, 2.05) is 42.5 Å². The summed E-state index contributed by atoms with van der Waals surface area (Å²) in [4.78, 5) is 14.9. The minimum Gasteiger partial charge on any atom is -0.308 e. The van der Waals surface area contributed by atoms with Gasteiger partial charge in [-0.2, -0.15) is 0 Å². The lowest BCUT2D eigenvalue weighted by Crippen LogP contribution is -2.36. The Bertz CT molecular complexity index is 1200. The van der Waals surface area contributed by atoms with Crippen LogP contribution in [0.25, 0.3) is 10.8 Å². The summed E-state index contributed by atoms with van der Waals surface area (Å²) >= 11 is 0. The van der Waals surface area contributed by atoms with Crippen LogP contribution in [0.1, 0.15) is 29.0 Å². The number of carbonyl (C=O) groups excluding carboxylic acids is 1. The Balaban J connectivity index is 1.70. The van der Waals surface area contributed by atoms with E-state index in [0.29, 0.717) is 12.0 Å². The zero-order valence-electron chi connectivity index (χ0n) is 15.9.